The molecule has 2 aromatic rings. The lowest BCUT2D eigenvalue weighted by molar-refractivity contribution is 0.183. The Morgan fingerprint density at radius 3 is 2.21 bits per heavy atom. The number of aliphatic hydroxyl groups is 1. The molecule has 3 N–H and O–H groups in total. The van der Waals surface area contributed by atoms with E-state index in [1.54, 1.807) is 0 Å². The second-order valence-electron chi connectivity index (χ2n) is 5.73. The lowest BCUT2D eigenvalue weighted by atomic mass is 10.1. The van der Waals surface area contributed by atoms with Gasteiger partial charge < -0.3 is 15.7 Å². The van der Waals surface area contributed by atoms with Gasteiger partial charge >= 0.3 is 0 Å². The number of hydrogen-bond acceptors (Lipinski definition) is 2. The van der Waals surface area contributed by atoms with Gasteiger partial charge in [0.1, 0.15) is 0 Å². The number of nitrogens with zero attached hydrogens (tertiary/aromatic N) is 1. The number of benzene rings is 2. The monoisotopic (exact) mass is 325 g/mol. The molecule has 1 unspecified atom stereocenters. The van der Waals surface area contributed by atoms with Gasteiger partial charge in [0.15, 0.2) is 5.96 Å². The first-order valence-electron chi connectivity index (χ1n) is 8.56. The van der Waals surface area contributed by atoms with Crippen LogP contribution in [0.1, 0.15) is 18.1 Å². The number of hydrogen-bond donors (Lipinski definition) is 3. The van der Waals surface area contributed by atoms with Crippen molar-refractivity contribution < 1.29 is 5.11 Å². The summed E-state index contributed by atoms with van der Waals surface area (Å²) in [5, 5.41) is 16.7. The van der Waals surface area contributed by atoms with Gasteiger partial charge in [0.05, 0.1) is 12.6 Å². The molecule has 1 atom stereocenters. The SMILES string of the molecule is CCNC(=NCC(O)Cc1ccccc1)NCCc1ccccc1. The Balaban J connectivity index is 1.79. The quantitative estimate of drug-likeness (QED) is 0.516. The molecule has 0 bridgehead atoms. The molecule has 0 radical (unpaired) electrons. The van der Waals surface area contributed by atoms with Crippen LogP contribution < -0.4 is 10.6 Å². The van der Waals surface area contributed by atoms with Gasteiger partial charge in [-0.05, 0) is 24.5 Å². The van der Waals surface area contributed by atoms with E-state index in [1.165, 1.54) is 5.56 Å². The van der Waals surface area contributed by atoms with E-state index in [4.69, 9.17) is 0 Å². The van der Waals surface area contributed by atoms with Crippen molar-refractivity contribution in [2.75, 3.05) is 19.6 Å². The Bertz CT molecular complexity index is 599. The highest BCUT2D eigenvalue weighted by molar-refractivity contribution is 5.79. The highest BCUT2D eigenvalue weighted by Crippen LogP contribution is 2.03. The summed E-state index contributed by atoms with van der Waals surface area (Å²) in [6.45, 7) is 4.03. The van der Waals surface area contributed by atoms with E-state index in [1.807, 2.05) is 43.3 Å². The maximum absolute atomic E-state index is 10.2. The highest BCUT2D eigenvalue weighted by atomic mass is 16.3. The summed E-state index contributed by atoms with van der Waals surface area (Å²) in [6, 6.07) is 20.4. The molecule has 0 spiro atoms. The smallest absolute Gasteiger partial charge is 0.191 e. The van der Waals surface area contributed by atoms with Crippen LogP contribution in [0.3, 0.4) is 0 Å². The maximum atomic E-state index is 10.2. The number of rotatable bonds is 8. The molecule has 0 aliphatic carbocycles. The van der Waals surface area contributed by atoms with Crippen LogP contribution in [0.5, 0.6) is 0 Å². The van der Waals surface area contributed by atoms with Crippen molar-refractivity contribution in [3.05, 3.63) is 71.8 Å². The second-order valence-corrected chi connectivity index (χ2v) is 5.73. The lowest BCUT2D eigenvalue weighted by Gasteiger charge is -2.13. The largest absolute Gasteiger partial charge is 0.391 e. The average molecular weight is 325 g/mol. The Hall–Kier alpha value is -2.33. The van der Waals surface area contributed by atoms with Gasteiger partial charge in [0.2, 0.25) is 0 Å². The van der Waals surface area contributed by atoms with E-state index in [0.29, 0.717) is 13.0 Å². The van der Waals surface area contributed by atoms with Gasteiger partial charge in [-0.15, -0.1) is 0 Å². The van der Waals surface area contributed by atoms with Crippen molar-refractivity contribution in [2.45, 2.75) is 25.9 Å². The van der Waals surface area contributed by atoms with Crippen molar-refractivity contribution in [2.24, 2.45) is 4.99 Å². The second kappa shape index (κ2) is 10.4. The predicted octanol–water partition coefficient (Wildman–Crippen LogP) is 2.39. The Morgan fingerprint density at radius 2 is 1.58 bits per heavy atom. The van der Waals surface area contributed by atoms with Crippen LogP contribution in [0.25, 0.3) is 0 Å². The van der Waals surface area contributed by atoms with Crippen LogP contribution in [0.15, 0.2) is 65.7 Å². The fourth-order valence-corrected chi connectivity index (χ4v) is 2.46. The molecule has 0 aliphatic heterocycles. The van der Waals surface area contributed by atoms with Crippen molar-refractivity contribution in [1.29, 1.82) is 0 Å². The zero-order valence-electron chi connectivity index (χ0n) is 14.3. The molecule has 0 heterocycles. The van der Waals surface area contributed by atoms with Crippen molar-refractivity contribution in [3.8, 4) is 0 Å². The van der Waals surface area contributed by atoms with E-state index in [9.17, 15) is 5.11 Å². The maximum Gasteiger partial charge on any atom is 0.191 e. The molecular weight excluding hydrogens is 298 g/mol. The van der Waals surface area contributed by atoms with Gasteiger partial charge in [0, 0.05) is 19.5 Å². The summed E-state index contributed by atoms with van der Waals surface area (Å²) in [4.78, 5) is 4.49. The summed E-state index contributed by atoms with van der Waals surface area (Å²) in [5.74, 6) is 0.751. The first-order chi connectivity index (χ1) is 11.8. The Kier molecular flexibility index (Phi) is 7.84. The van der Waals surface area contributed by atoms with E-state index in [2.05, 4.69) is 39.9 Å². The first kappa shape index (κ1) is 18.0. The van der Waals surface area contributed by atoms with E-state index >= 15 is 0 Å². The van der Waals surface area contributed by atoms with Crippen LogP contribution in [0.4, 0.5) is 0 Å². The Labute approximate surface area is 144 Å². The molecule has 0 aromatic heterocycles. The van der Waals surface area contributed by atoms with Gasteiger partial charge in [-0.3, -0.25) is 4.99 Å². The molecule has 0 fully saturated rings. The fourth-order valence-electron chi connectivity index (χ4n) is 2.46. The number of aliphatic imine (C=N–C) groups is 1. The number of nitrogens with one attached hydrogen (secondary N) is 2. The minimum atomic E-state index is -0.475. The first-order valence-corrected chi connectivity index (χ1v) is 8.56. The molecule has 4 nitrogen and oxygen atoms in total. The van der Waals surface area contributed by atoms with Gasteiger partial charge in [-0.1, -0.05) is 60.7 Å². The summed E-state index contributed by atoms with van der Waals surface area (Å²) in [7, 11) is 0. The standard InChI is InChI=1S/C20H27N3O/c1-2-21-20(22-14-13-17-9-5-3-6-10-17)23-16-19(24)15-18-11-7-4-8-12-18/h3-12,19,24H,2,13-16H2,1H3,(H2,21,22,23). The van der Waals surface area contributed by atoms with Gasteiger partial charge in [-0.2, -0.15) is 0 Å². The molecule has 0 aliphatic rings. The number of guanidine groups is 1. The van der Waals surface area contributed by atoms with Crippen LogP contribution >= 0.6 is 0 Å². The van der Waals surface area contributed by atoms with E-state index < -0.39 is 6.10 Å². The fraction of sp³-hybridized carbons (Fsp3) is 0.350. The number of aliphatic hydroxyl groups excluding tert-OH is 1. The van der Waals surface area contributed by atoms with Crippen molar-refractivity contribution in [3.63, 3.8) is 0 Å². The van der Waals surface area contributed by atoms with Gasteiger partial charge in [0.25, 0.3) is 0 Å². The Morgan fingerprint density at radius 1 is 0.958 bits per heavy atom. The molecule has 2 aromatic carbocycles. The van der Waals surface area contributed by atoms with Crippen LogP contribution in [0, 0.1) is 0 Å². The molecule has 4 heteroatoms. The third-order valence-electron chi connectivity index (χ3n) is 3.67. The predicted molar refractivity (Wildman–Crippen MR) is 100 cm³/mol. The molecule has 0 saturated heterocycles. The van der Waals surface area contributed by atoms with Crippen LogP contribution in [0.2, 0.25) is 0 Å². The van der Waals surface area contributed by atoms with Crippen LogP contribution in [-0.2, 0) is 12.8 Å². The minimum Gasteiger partial charge on any atom is -0.391 e. The minimum absolute atomic E-state index is 0.384. The van der Waals surface area contributed by atoms with Crippen LogP contribution in [-0.4, -0.2) is 36.8 Å². The van der Waals surface area contributed by atoms with Crippen molar-refractivity contribution in [1.82, 2.24) is 10.6 Å². The molecule has 2 rings (SSSR count). The summed E-state index contributed by atoms with van der Waals surface area (Å²) < 4.78 is 0. The summed E-state index contributed by atoms with van der Waals surface area (Å²) in [6.07, 6.45) is 1.09. The average Bonchev–Trinajstić information content (AvgIpc) is 2.61. The third kappa shape index (κ3) is 6.84. The normalized spacial score (nSPS) is 12.7. The molecular formula is C20H27N3O. The topological polar surface area (TPSA) is 56.7 Å². The zero-order valence-corrected chi connectivity index (χ0v) is 14.3. The molecule has 0 amide bonds. The highest BCUT2D eigenvalue weighted by Gasteiger charge is 2.05. The molecule has 24 heavy (non-hydrogen) atoms. The molecule has 128 valence electrons. The van der Waals surface area contributed by atoms with Gasteiger partial charge in [-0.25, -0.2) is 0 Å². The van der Waals surface area contributed by atoms with E-state index in [-0.39, 0.29) is 0 Å². The lowest BCUT2D eigenvalue weighted by Crippen LogP contribution is -2.39. The summed E-state index contributed by atoms with van der Waals surface area (Å²) >= 11 is 0. The van der Waals surface area contributed by atoms with Crippen molar-refractivity contribution >= 4 is 5.96 Å². The zero-order chi connectivity index (χ0) is 17.0. The van der Waals surface area contributed by atoms with E-state index in [0.717, 1.165) is 31.0 Å². The molecule has 0 saturated carbocycles. The third-order valence-corrected chi connectivity index (χ3v) is 3.67. The summed E-state index contributed by atoms with van der Waals surface area (Å²) in [5.41, 5.74) is 2.42.